The second kappa shape index (κ2) is 4.06. The molecule has 0 aliphatic heterocycles. The predicted octanol–water partition coefficient (Wildman–Crippen LogP) is 3.41. The highest BCUT2D eigenvalue weighted by molar-refractivity contribution is 5.81. The van der Waals surface area contributed by atoms with Gasteiger partial charge >= 0.3 is 0 Å². The van der Waals surface area contributed by atoms with Crippen molar-refractivity contribution in [2.75, 3.05) is 5.32 Å². The van der Waals surface area contributed by atoms with Crippen LogP contribution >= 0.6 is 0 Å². The number of aromatic nitrogens is 2. The van der Waals surface area contributed by atoms with Gasteiger partial charge < -0.3 is 5.32 Å². The first-order valence-electron chi connectivity index (χ1n) is 6.42. The summed E-state index contributed by atoms with van der Waals surface area (Å²) in [4.78, 5) is 0. The summed E-state index contributed by atoms with van der Waals surface area (Å²) in [6.45, 7) is 4.63. The van der Waals surface area contributed by atoms with Crippen LogP contribution in [0.3, 0.4) is 0 Å². The Morgan fingerprint density at radius 2 is 2.18 bits per heavy atom. The standard InChI is InChI=1S/C14H19N3/c1-9(2)11-5-13(6-11)16-12-4-3-10-8-15-17-14(10)7-12/h3-4,7-9,11,13,16H,5-6H2,1-2H3,(H,15,17). The molecule has 1 heterocycles. The average Bonchev–Trinajstić information content (AvgIpc) is 2.69. The molecule has 0 unspecified atom stereocenters. The van der Waals surface area contributed by atoms with E-state index in [9.17, 15) is 0 Å². The van der Waals surface area contributed by atoms with E-state index in [0.29, 0.717) is 6.04 Å². The van der Waals surface area contributed by atoms with Gasteiger partial charge in [0.05, 0.1) is 11.7 Å². The molecule has 1 aromatic heterocycles. The molecule has 0 radical (unpaired) electrons. The summed E-state index contributed by atoms with van der Waals surface area (Å²) in [5.41, 5.74) is 2.31. The van der Waals surface area contributed by atoms with Gasteiger partial charge in [-0.15, -0.1) is 0 Å². The Bertz CT molecular complexity index is 509. The van der Waals surface area contributed by atoms with E-state index in [0.717, 1.165) is 17.4 Å². The molecule has 1 aliphatic rings. The van der Waals surface area contributed by atoms with Gasteiger partial charge in [0.2, 0.25) is 0 Å². The third-order valence-electron chi connectivity index (χ3n) is 3.93. The quantitative estimate of drug-likeness (QED) is 0.846. The third-order valence-corrected chi connectivity index (χ3v) is 3.93. The smallest absolute Gasteiger partial charge is 0.0670 e. The third kappa shape index (κ3) is 2.02. The lowest BCUT2D eigenvalue weighted by molar-refractivity contribution is 0.212. The number of hydrogen-bond acceptors (Lipinski definition) is 2. The Morgan fingerprint density at radius 1 is 1.35 bits per heavy atom. The van der Waals surface area contributed by atoms with Crippen LogP contribution in [0.15, 0.2) is 24.4 Å². The second-order valence-corrected chi connectivity index (χ2v) is 5.49. The molecule has 0 spiro atoms. The van der Waals surface area contributed by atoms with Crippen LogP contribution in [0, 0.1) is 11.8 Å². The molecule has 0 atom stereocenters. The summed E-state index contributed by atoms with van der Waals surface area (Å²) in [5.74, 6) is 1.73. The van der Waals surface area contributed by atoms with E-state index < -0.39 is 0 Å². The maximum atomic E-state index is 4.04. The molecule has 0 amide bonds. The Balaban J connectivity index is 1.66. The summed E-state index contributed by atoms with van der Waals surface area (Å²) < 4.78 is 0. The highest BCUT2D eigenvalue weighted by atomic mass is 15.1. The van der Waals surface area contributed by atoms with Crippen molar-refractivity contribution in [2.24, 2.45) is 11.8 Å². The highest BCUT2D eigenvalue weighted by Crippen LogP contribution is 2.35. The normalized spacial score (nSPS) is 23.9. The number of nitrogens with one attached hydrogen (secondary N) is 2. The lowest BCUT2D eigenvalue weighted by Gasteiger charge is -2.39. The minimum atomic E-state index is 0.655. The average molecular weight is 229 g/mol. The number of rotatable bonds is 3. The van der Waals surface area contributed by atoms with E-state index >= 15 is 0 Å². The summed E-state index contributed by atoms with van der Waals surface area (Å²) in [6, 6.07) is 7.05. The molecular weight excluding hydrogens is 210 g/mol. The minimum Gasteiger partial charge on any atom is -0.382 e. The molecule has 2 N–H and O–H groups in total. The van der Waals surface area contributed by atoms with Crippen molar-refractivity contribution in [2.45, 2.75) is 32.7 Å². The van der Waals surface area contributed by atoms with Gasteiger partial charge in [-0.05, 0) is 42.9 Å². The van der Waals surface area contributed by atoms with E-state index in [2.05, 4.69) is 47.6 Å². The molecule has 3 heteroatoms. The van der Waals surface area contributed by atoms with Gasteiger partial charge in [-0.1, -0.05) is 13.8 Å². The maximum Gasteiger partial charge on any atom is 0.0670 e. The minimum absolute atomic E-state index is 0.655. The number of nitrogens with zero attached hydrogens (tertiary/aromatic N) is 1. The van der Waals surface area contributed by atoms with Crippen LogP contribution in [0.25, 0.3) is 10.9 Å². The lowest BCUT2D eigenvalue weighted by Crippen LogP contribution is -2.37. The summed E-state index contributed by atoms with van der Waals surface area (Å²) >= 11 is 0. The zero-order chi connectivity index (χ0) is 11.8. The first-order chi connectivity index (χ1) is 8.22. The number of H-pyrrole nitrogens is 1. The van der Waals surface area contributed by atoms with E-state index in [1.165, 1.54) is 23.9 Å². The summed E-state index contributed by atoms with van der Waals surface area (Å²) in [5, 5.41) is 11.8. The number of benzene rings is 1. The first kappa shape index (κ1) is 10.6. The number of fused-ring (bicyclic) bond motifs is 1. The number of aromatic amines is 1. The Hall–Kier alpha value is -1.51. The van der Waals surface area contributed by atoms with Gasteiger partial charge in [0.1, 0.15) is 0 Å². The van der Waals surface area contributed by atoms with Gasteiger partial charge in [-0.3, -0.25) is 5.10 Å². The van der Waals surface area contributed by atoms with Crippen LogP contribution in [0.1, 0.15) is 26.7 Å². The van der Waals surface area contributed by atoms with Gasteiger partial charge in [-0.2, -0.15) is 5.10 Å². The van der Waals surface area contributed by atoms with Crippen LogP contribution in [-0.4, -0.2) is 16.2 Å². The van der Waals surface area contributed by atoms with E-state index in [1.54, 1.807) is 0 Å². The molecule has 1 aliphatic carbocycles. The molecule has 1 saturated carbocycles. The Morgan fingerprint density at radius 3 is 2.94 bits per heavy atom. The molecular formula is C14H19N3. The van der Waals surface area contributed by atoms with Crippen molar-refractivity contribution in [3.05, 3.63) is 24.4 Å². The lowest BCUT2D eigenvalue weighted by atomic mass is 9.73. The van der Waals surface area contributed by atoms with E-state index in [4.69, 9.17) is 0 Å². The van der Waals surface area contributed by atoms with Gasteiger partial charge in [0.15, 0.2) is 0 Å². The maximum absolute atomic E-state index is 4.04. The van der Waals surface area contributed by atoms with Crippen molar-refractivity contribution in [1.82, 2.24) is 10.2 Å². The second-order valence-electron chi connectivity index (χ2n) is 5.49. The predicted molar refractivity (Wildman–Crippen MR) is 71.1 cm³/mol. The zero-order valence-electron chi connectivity index (χ0n) is 10.4. The van der Waals surface area contributed by atoms with Crippen LogP contribution in [0.5, 0.6) is 0 Å². The van der Waals surface area contributed by atoms with Crippen molar-refractivity contribution in [1.29, 1.82) is 0 Å². The molecule has 0 bridgehead atoms. The molecule has 2 aromatic rings. The molecule has 1 aromatic carbocycles. The van der Waals surface area contributed by atoms with E-state index in [1.807, 2.05) is 6.20 Å². The summed E-state index contributed by atoms with van der Waals surface area (Å²) in [6.07, 6.45) is 4.47. The molecule has 90 valence electrons. The number of anilines is 1. The first-order valence-corrected chi connectivity index (χ1v) is 6.42. The van der Waals surface area contributed by atoms with E-state index in [-0.39, 0.29) is 0 Å². The SMILES string of the molecule is CC(C)C1CC(Nc2ccc3cn[nH]c3c2)C1. The van der Waals surface area contributed by atoms with Crippen molar-refractivity contribution >= 4 is 16.6 Å². The Kier molecular flexibility index (Phi) is 2.54. The largest absolute Gasteiger partial charge is 0.382 e. The van der Waals surface area contributed by atoms with Crippen LogP contribution in [-0.2, 0) is 0 Å². The Labute approximate surface area is 102 Å². The number of hydrogen-bond donors (Lipinski definition) is 2. The van der Waals surface area contributed by atoms with Gasteiger partial charge in [0.25, 0.3) is 0 Å². The fourth-order valence-corrected chi connectivity index (χ4v) is 2.59. The van der Waals surface area contributed by atoms with Crippen LogP contribution < -0.4 is 5.32 Å². The summed E-state index contributed by atoms with van der Waals surface area (Å²) in [7, 11) is 0. The topological polar surface area (TPSA) is 40.7 Å². The monoisotopic (exact) mass is 229 g/mol. The highest BCUT2D eigenvalue weighted by Gasteiger charge is 2.30. The fraction of sp³-hybridized carbons (Fsp3) is 0.500. The van der Waals surface area contributed by atoms with Crippen molar-refractivity contribution in [3.8, 4) is 0 Å². The molecule has 1 fully saturated rings. The van der Waals surface area contributed by atoms with Crippen molar-refractivity contribution in [3.63, 3.8) is 0 Å². The molecule has 17 heavy (non-hydrogen) atoms. The fourth-order valence-electron chi connectivity index (χ4n) is 2.59. The van der Waals surface area contributed by atoms with Crippen LogP contribution in [0.4, 0.5) is 5.69 Å². The van der Waals surface area contributed by atoms with Gasteiger partial charge in [0, 0.05) is 17.1 Å². The van der Waals surface area contributed by atoms with Crippen LogP contribution in [0.2, 0.25) is 0 Å². The molecule has 3 nitrogen and oxygen atoms in total. The molecule has 3 rings (SSSR count). The van der Waals surface area contributed by atoms with Crippen molar-refractivity contribution < 1.29 is 0 Å². The zero-order valence-corrected chi connectivity index (χ0v) is 10.4. The molecule has 0 saturated heterocycles. The van der Waals surface area contributed by atoms with Gasteiger partial charge in [-0.25, -0.2) is 0 Å².